The van der Waals surface area contributed by atoms with Gasteiger partial charge in [-0.25, -0.2) is 4.79 Å². The van der Waals surface area contributed by atoms with E-state index in [9.17, 15) is 9.59 Å². The molecule has 132 valence electrons. The molecule has 0 bridgehead atoms. The molecule has 1 fully saturated rings. The second kappa shape index (κ2) is 9.27. The van der Waals surface area contributed by atoms with Crippen molar-refractivity contribution in [3.8, 4) is 0 Å². The lowest BCUT2D eigenvalue weighted by Crippen LogP contribution is -2.45. The molecule has 24 heavy (non-hydrogen) atoms. The molecule has 2 amide bonds. The lowest BCUT2D eigenvalue weighted by atomic mass is 9.97. The summed E-state index contributed by atoms with van der Waals surface area (Å²) in [5, 5.41) is 2.93. The fourth-order valence-electron chi connectivity index (χ4n) is 2.79. The minimum Gasteiger partial charge on any atom is -0.466 e. The maximum Gasteiger partial charge on any atom is 0.317 e. The maximum atomic E-state index is 12.2. The Kier molecular flexibility index (Phi) is 7.06. The minimum absolute atomic E-state index is 0.0812. The van der Waals surface area contributed by atoms with Crippen LogP contribution in [0.2, 0.25) is 0 Å². The van der Waals surface area contributed by atoms with E-state index in [0.29, 0.717) is 45.7 Å². The van der Waals surface area contributed by atoms with Crippen LogP contribution >= 0.6 is 0 Å². The van der Waals surface area contributed by atoms with Gasteiger partial charge in [0.1, 0.15) is 0 Å². The molecule has 0 atom stereocenters. The van der Waals surface area contributed by atoms with Crippen LogP contribution in [0, 0.1) is 5.92 Å². The first-order chi connectivity index (χ1) is 11.6. The van der Waals surface area contributed by atoms with E-state index in [0.717, 1.165) is 11.1 Å². The summed E-state index contributed by atoms with van der Waals surface area (Å²) in [5.41, 5.74) is 2.15. The van der Waals surface area contributed by atoms with Crippen molar-refractivity contribution in [1.82, 2.24) is 10.2 Å². The van der Waals surface area contributed by atoms with E-state index in [1.54, 1.807) is 12.0 Å². The lowest BCUT2D eigenvalue weighted by Gasteiger charge is -2.30. The van der Waals surface area contributed by atoms with E-state index in [4.69, 9.17) is 9.47 Å². The highest BCUT2D eigenvalue weighted by Crippen LogP contribution is 2.18. The summed E-state index contributed by atoms with van der Waals surface area (Å²) in [5.74, 6) is -0.226. The van der Waals surface area contributed by atoms with Gasteiger partial charge in [0, 0.05) is 26.7 Å². The molecule has 2 rings (SSSR count). The monoisotopic (exact) mass is 334 g/mol. The summed E-state index contributed by atoms with van der Waals surface area (Å²) in [6, 6.07) is 7.88. The van der Waals surface area contributed by atoms with E-state index in [1.165, 1.54) is 0 Å². The van der Waals surface area contributed by atoms with Crippen LogP contribution in [-0.4, -0.2) is 43.7 Å². The summed E-state index contributed by atoms with van der Waals surface area (Å²) < 4.78 is 10.1. The number of rotatable bonds is 6. The molecule has 1 N–H and O–H groups in total. The van der Waals surface area contributed by atoms with Gasteiger partial charge in [0.15, 0.2) is 0 Å². The number of piperidine rings is 1. The third-order valence-corrected chi connectivity index (χ3v) is 4.18. The second-order valence-corrected chi connectivity index (χ2v) is 5.92. The van der Waals surface area contributed by atoms with E-state index in [-0.39, 0.29) is 17.9 Å². The van der Waals surface area contributed by atoms with Gasteiger partial charge < -0.3 is 19.7 Å². The number of carbonyl (C=O) groups excluding carboxylic acids is 2. The van der Waals surface area contributed by atoms with Crippen molar-refractivity contribution in [1.29, 1.82) is 0 Å². The number of hydrogen-bond acceptors (Lipinski definition) is 4. The highest BCUT2D eigenvalue weighted by molar-refractivity contribution is 5.76. The zero-order valence-corrected chi connectivity index (χ0v) is 14.4. The van der Waals surface area contributed by atoms with Gasteiger partial charge in [-0.3, -0.25) is 4.79 Å². The Balaban J connectivity index is 1.74. The van der Waals surface area contributed by atoms with E-state index in [2.05, 4.69) is 5.32 Å². The Morgan fingerprint density at radius 2 is 1.79 bits per heavy atom. The number of nitrogens with zero attached hydrogens (tertiary/aromatic N) is 1. The number of likely N-dealkylation sites (tertiary alicyclic amines) is 1. The third-order valence-electron chi connectivity index (χ3n) is 4.18. The van der Waals surface area contributed by atoms with Gasteiger partial charge in [0.2, 0.25) is 0 Å². The van der Waals surface area contributed by atoms with Gasteiger partial charge >= 0.3 is 12.0 Å². The van der Waals surface area contributed by atoms with E-state index < -0.39 is 0 Å². The van der Waals surface area contributed by atoms with Crippen LogP contribution in [0.15, 0.2) is 24.3 Å². The number of benzene rings is 1. The summed E-state index contributed by atoms with van der Waals surface area (Å²) in [4.78, 5) is 25.7. The molecule has 0 unspecified atom stereocenters. The van der Waals surface area contributed by atoms with Gasteiger partial charge in [-0.2, -0.15) is 0 Å². The lowest BCUT2D eigenvalue weighted by molar-refractivity contribution is -0.149. The van der Waals surface area contributed by atoms with Gasteiger partial charge in [0.25, 0.3) is 0 Å². The highest BCUT2D eigenvalue weighted by atomic mass is 16.5. The van der Waals surface area contributed by atoms with Crippen LogP contribution in [0.1, 0.15) is 30.9 Å². The maximum absolute atomic E-state index is 12.2. The smallest absolute Gasteiger partial charge is 0.317 e. The van der Waals surface area contributed by atoms with Crippen LogP contribution in [0.4, 0.5) is 4.79 Å². The standard InChI is InChI=1S/C18H26N2O4/c1-3-24-17(21)16-8-10-20(11-9-16)18(22)19-12-14-4-6-15(7-5-14)13-23-2/h4-7,16H,3,8-13H2,1-2H3,(H,19,22). The molecule has 0 radical (unpaired) electrons. The van der Waals surface area contributed by atoms with Crippen LogP contribution in [0.3, 0.4) is 0 Å². The molecule has 1 aromatic rings. The van der Waals surface area contributed by atoms with Crippen molar-refractivity contribution < 1.29 is 19.1 Å². The predicted octanol–water partition coefficient (Wildman–Crippen LogP) is 2.32. The summed E-state index contributed by atoms with van der Waals surface area (Å²) in [6.45, 7) is 4.46. The zero-order valence-electron chi connectivity index (χ0n) is 14.4. The third kappa shape index (κ3) is 5.23. The number of carbonyl (C=O) groups is 2. The molecule has 6 nitrogen and oxygen atoms in total. The number of amides is 2. The van der Waals surface area contributed by atoms with Crippen LogP contribution in [0.5, 0.6) is 0 Å². The Bertz CT molecular complexity index is 536. The predicted molar refractivity (Wildman–Crippen MR) is 90.3 cm³/mol. The van der Waals surface area contributed by atoms with Crippen molar-refractivity contribution in [2.75, 3.05) is 26.8 Å². The molecule has 0 aromatic heterocycles. The molecule has 1 saturated heterocycles. The molecule has 1 aromatic carbocycles. The van der Waals surface area contributed by atoms with Crippen molar-refractivity contribution in [3.05, 3.63) is 35.4 Å². The quantitative estimate of drug-likeness (QED) is 0.811. The van der Waals surface area contributed by atoms with Crippen LogP contribution in [0.25, 0.3) is 0 Å². The molecular formula is C18H26N2O4. The number of hydrogen-bond donors (Lipinski definition) is 1. The number of esters is 1. The van der Waals surface area contributed by atoms with Crippen LogP contribution in [-0.2, 0) is 27.4 Å². The molecule has 6 heteroatoms. The van der Waals surface area contributed by atoms with E-state index in [1.807, 2.05) is 31.2 Å². The highest BCUT2D eigenvalue weighted by Gasteiger charge is 2.27. The van der Waals surface area contributed by atoms with Gasteiger partial charge in [0.05, 0.1) is 19.1 Å². The molecular weight excluding hydrogens is 308 g/mol. The fraction of sp³-hybridized carbons (Fsp3) is 0.556. The molecule has 0 spiro atoms. The topological polar surface area (TPSA) is 67.9 Å². The molecule has 1 aliphatic rings. The fourth-order valence-corrected chi connectivity index (χ4v) is 2.79. The van der Waals surface area contributed by atoms with Gasteiger partial charge in [-0.1, -0.05) is 24.3 Å². The van der Waals surface area contributed by atoms with Crippen molar-refractivity contribution in [2.45, 2.75) is 32.9 Å². The number of ether oxygens (including phenoxy) is 2. The SMILES string of the molecule is CCOC(=O)C1CCN(C(=O)NCc2ccc(COC)cc2)CC1. The Morgan fingerprint density at radius 3 is 2.38 bits per heavy atom. The van der Waals surface area contributed by atoms with Gasteiger partial charge in [-0.15, -0.1) is 0 Å². The first kappa shape index (κ1) is 18.3. The Hall–Kier alpha value is -2.08. The average molecular weight is 334 g/mol. The molecule has 0 aliphatic carbocycles. The largest absolute Gasteiger partial charge is 0.466 e. The number of methoxy groups -OCH3 is 1. The summed E-state index contributed by atoms with van der Waals surface area (Å²) in [7, 11) is 1.67. The molecule has 1 aliphatic heterocycles. The molecule has 0 saturated carbocycles. The minimum atomic E-state index is -0.145. The molecule has 1 heterocycles. The van der Waals surface area contributed by atoms with Crippen molar-refractivity contribution in [2.24, 2.45) is 5.92 Å². The number of urea groups is 1. The second-order valence-electron chi connectivity index (χ2n) is 5.92. The summed E-state index contributed by atoms with van der Waals surface area (Å²) in [6.07, 6.45) is 1.33. The summed E-state index contributed by atoms with van der Waals surface area (Å²) >= 11 is 0. The normalized spacial score (nSPS) is 15.2. The van der Waals surface area contributed by atoms with Gasteiger partial charge in [-0.05, 0) is 30.9 Å². The van der Waals surface area contributed by atoms with Crippen molar-refractivity contribution in [3.63, 3.8) is 0 Å². The average Bonchev–Trinajstić information content (AvgIpc) is 2.61. The number of nitrogens with one attached hydrogen (secondary N) is 1. The first-order valence-corrected chi connectivity index (χ1v) is 8.40. The Morgan fingerprint density at radius 1 is 1.17 bits per heavy atom. The van der Waals surface area contributed by atoms with Crippen LogP contribution < -0.4 is 5.32 Å². The van der Waals surface area contributed by atoms with E-state index >= 15 is 0 Å². The Labute approximate surface area is 143 Å². The first-order valence-electron chi connectivity index (χ1n) is 8.40. The van der Waals surface area contributed by atoms with Crippen molar-refractivity contribution >= 4 is 12.0 Å². The zero-order chi connectivity index (χ0) is 17.4.